The van der Waals surface area contributed by atoms with Crippen LogP contribution in [0.15, 0.2) is 24.3 Å². The molecule has 9 heteroatoms. The topological polar surface area (TPSA) is 113 Å². The fraction of sp³-hybridized carbons (Fsp3) is 0.429. The number of aliphatic carboxylic acids is 1. The summed E-state index contributed by atoms with van der Waals surface area (Å²) in [5.41, 5.74) is 0.164. The molecule has 0 aromatic heterocycles. The molecular weight excluding hydrogens is 306 g/mol. The van der Waals surface area contributed by atoms with Gasteiger partial charge in [-0.05, 0) is 6.07 Å². The van der Waals surface area contributed by atoms with E-state index in [2.05, 4.69) is 0 Å². The van der Waals surface area contributed by atoms with Gasteiger partial charge in [0.25, 0.3) is 5.69 Å². The molecular formula is C14H19N3O6. The van der Waals surface area contributed by atoms with Crippen LogP contribution in [0.3, 0.4) is 0 Å². The molecule has 126 valence electrons. The summed E-state index contributed by atoms with van der Waals surface area (Å²) in [5.74, 6) is -1.59. The number of benzene rings is 1. The molecule has 0 bridgehead atoms. The molecule has 0 aliphatic rings. The maximum atomic E-state index is 12.2. The van der Waals surface area contributed by atoms with Crippen LogP contribution in [-0.2, 0) is 14.3 Å². The number of hydrogen-bond donors (Lipinski definition) is 1. The van der Waals surface area contributed by atoms with Gasteiger partial charge in [0, 0.05) is 26.8 Å². The second-order valence-electron chi connectivity index (χ2n) is 4.80. The number of carbonyl (C=O) groups excluding carboxylic acids is 1. The fourth-order valence-electron chi connectivity index (χ4n) is 1.99. The first-order valence-corrected chi connectivity index (χ1v) is 6.80. The number of nitro benzene ring substituents is 1. The van der Waals surface area contributed by atoms with E-state index in [0.29, 0.717) is 0 Å². The van der Waals surface area contributed by atoms with Gasteiger partial charge in [-0.25, -0.2) is 0 Å². The number of para-hydroxylation sites is 2. The third kappa shape index (κ3) is 5.55. The number of carbonyl (C=O) groups is 2. The molecule has 0 unspecified atom stereocenters. The third-order valence-electron chi connectivity index (χ3n) is 3.11. The summed E-state index contributed by atoms with van der Waals surface area (Å²) in [7, 11) is 2.98. The predicted octanol–water partition coefficient (Wildman–Crippen LogP) is 0.591. The van der Waals surface area contributed by atoms with Crippen molar-refractivity contribution >= 4 is 23.3 Å². The lowest BCUT2D eigenvalue weighted by Crippen LogP contribution is -2.43. The Balaban J connectivity index is 2.85. The number of amides is 1. The minimum absolute atomic E-state index is 0.121. The molecule has 1 aromatic rings. The Bertz CT molecular complexity index is 577. The highest BCUT2D eigenvalue weighted by Gasteiger charge is 2.22. The number of anilines is 1. The van der Waals surface area contributed by atoms with Gasteiger partial charge in [0.2, 0.25) is 5.91 Å². The van der Waals surface area contributed by atoms with Crippen LogP contribution in [0.1, 0.15) is 0 Å². The van der Waals surface area contributed by atoms with Gasteiger partial charge in [-0.15, -0.1) is 0 Å². The molecule has 0 aliphatic carbocycles. The number of carboxylic acid groups (broad SMARTS) is 1. The minimum Gasteiger partial charge on any atom is -0.480 e. The third-order valence-corrected chi connectivity index (χ3v) is 3.11. The first-order chi connectivity index (χ1) is 10.9. The monoisotopic (exact) mass is 325 g/mol. The van der Waals surface area contributed by atoms with Gasteiger partial charge in [0.1, 0.15) is 12.2 Å². The highest BCUT2D eigenvalue weighted by molar-refractivity contribution is 5.85. The van der Waals surface area contributed by atoms with E-state index in [4.69, 9.17) is 9.84 Å². The second kappa shape index (κ2) is 8.69. The summed E-state index contributed by atoms with van der Waals surface area (Å²) in [6.45, 7) is -0.296. The van der Waals surface area contributed by atoms with Crippen molar-refractivity contribution in [1.29, 1.82) is 0 Å². The van der Waals surface area contributed by atoms with Crippen molar-refractivity contribution in [1.82, 2.24) is 4.90 Å². The number of methoxy groups -OCH3 is 1. The van der Waals surface area contributed by atoms with Gasteiger partial charge in [-0.2, -0.15) is 0 Å². The summed E-state index contributed by atoms with van der Waals surface area (Å²) in [4.78, 5) is 36.1. The van der Waals surface area contributed by atoms with Crippen LogP contribution in [0, 0.1) is 10.1 Å². The Labute approximate surface area is 133 Å². The van der Waals surface area contributed by atoms with Crippen molar-refractivity contribution in [3.8, 4) is 0 Å². The Morgan fingerprint density at radius 3 is 2.52 bits per heavy atom. The standard InChI is InChI=1S/C14H19N3O6/c1-15(11-5-3-4-6-12(11)17(21)22)9-13(18)16(7-8-23-2)10-14(19)20/h3-6H,7-10H2,1-2H3,(H,19,20). The molecule has 1 N–H and O–H groups in total. The van der Waals surface area contributed by atoms with E-state index < -0.39 is 23.3 Å². The molecule has 1 aromatic carbocycles. The van der Waals surface area contributed by atoms with Crippen molar-refractivity contribution in [2.45, 2.75) is 0 Å². The maximum Gasteiger partial charge on any atom is 0.323 e. The zero-order valence-corrected chi connectivity index (χ0v) is 13.0. The van der Waals surface area contributed by atoms with Crippen LogP contribution < -0.4 is 4.90 Å². The van der Waals surface area contributed by atoms with Gasteiger partial charge in [0.05, 0.1) is 18.1 Å². The molecule has 23 heavy (non-hydrogen) atoms. The Kier molecular flexibility index (Phi) is 6.94. The number of nitrogens with zero attached hydrogens (tertiary/aromatic N) is 3. The average Bonchev–Trinajstić information content (AvgIpc) is 2.50. The van der Waals surface area contributed by atoms with E-state index in [9.17, 15) is 19.7 Å². The van der Waals surface area contributed by atoms with Gasteiger partial charge in [0.15, 0.2) is 0 Å². The van der Waals surface area contributed by atoms with Crippen LogP contribution in [0.4, 0.5) is 11.4 Å². The molecule has 0 fully saturated rings. The first kappa shape index (κ1) is 18.4. The quantitative estimate of drug-likeness (QED) is 0.522. The zero-order chi connectivity index (χ0) is 17.4. The molecule has 0 heterocycles. The summed E-state index contributed by atoms with van der Waals surface area (Å²) < 4.78 is 4.85. The highest BCUT2D eigenvalue weighted by atomic mass is 16.6. The lowest BCUT2D eigenvalue weighted by molar-refractivity contribution is -0.384. The van der Waals surface area contributed by atoms with E-state index in [1.165, 1.54) is 37.3 Å². The van der Waals surface area contributed by atoms with Gasteiger partial charge >= 0.3 is 5.97 Å². The lowest BCUT2D eigenvalue weighted by Gasteiger charge is -2.24. The molecule has 9 nitrogen and oxygen atoms in total. The van der Waals surface area contributed by atoms with Crippen LogP contribution in [0.2, 0.25) is 0 Å². The predicted molar refractivity (Wildman–Crippen MR) is 82.5 cm³/mol. The summed E-state index contributed by atoms with van der Waals surface area (Å²) in [5, 5.41) is 19.9. The van der Waals surface area contributed by atoms with E-state index in [0.717, 1.165) is 4.90 Å². The van der Waals surface area contributed by atoms with Crippen LogP contribution in [0.25, 0.3) is 0 Å². The van der Waals surface area contributed by atoms with E-state index in [-0.39, 0.29) is 31.1 Å². The summed E-state index contributed by atoms with van der Waals surface area (Å²) >= 11 is 0. The Hall–Kier alpha value is -2.68. The van der Waals surface area contributed by atoms with Crippen molar-refractivity contribution in [2.75, 3.05) is 45.3 Å². The molecule has 0 saturated carbocycles. The Morgan fingerprint density at radius 2 is 1.96 bits per heavy atom. The number of nitro groups is 1. The van der Waals surface area contributed by atoms with Crippen molar-refractivity contribution < 1.29 is 24.4 Å². The molecule has 0 aliphatic heterocycles. The molecule has 0 radical (unpaired) electrons. The van der Waals surface area contributed by atoms with Crippen LogP contribution in [0.5, 0.6) is 0 Å². The first-order valence-electron chi connectivity index (χ1n) is 6.80. The van der Waals surface area contributed by atoms with E-state index in [1.54, 1.807) is 6.07 Å². The van der Waals surface area contributed by atoms with Crippen molar-refractivity contribution in [3.63, 3.8) is 0 Å². The average molecular weight is 325 g/mol. The molecule has 1 amide bonds. The fourth-order valence-corrected chi connectivity index (χ4v) is 1.99. The number of likely N-dealkylation sites (N-methyl/N-ethyl adjacent to an activating group) is 1. The van der Waals surface area contributed by atoms with Gasteiger partial charge in [-0.1, -0.05) is 12.1 Å². The molecule has 0 spiro atoms. The highest BCUT2D eigenvalue weighted by Crippen LogP contribution is 2.26. The van der Waals surface area contributed by atoms with Crippen molar-refractivity contribution in [2.24, 2.45) is 0 Å². The summed E-state index contributed by atoms with van der Waals surface area (Å²) in [6.07, 6.45) is 0. The maximum absolute atomic E-state index is 12.2. The van der Waals surface area contributed by atoms with E-state index >= 15 is 0 Å². The number of carboxylic acids is 1. The second-order valence-corrected chi connectivity index (χ2v) is 4.80. The van der Waals surface area contributed by atoms with Crippen LogP contribution >= 0.6 is 0 Å². The molecule has 0 atom stereocenters. The minimum atomic E-state index is -1.14. The van der Waals surface area contributed by atoms with Crippen molar-refractivity contribution in [3.05, 3.63) is 34.4 Å². The molecule has 0 saturated heterocycles. The van der Waals surface area contributed by atoms with Gasteiger partial charge in [-0.3, -0.25) is 19.7 Å². The summed E-state index contributed by atoms with van der Waals surface area (Å²) in [6, 6.07) is 6.04. The largest absolute Gasteiger partial charge is 0.480 e. The normalized spacial score (nSPS) is 10.2. The zero-order valence-electron chi connectivity index (χ0n) is 13.0. The van der Waals surface area contributed by atoms with Gasteiger partial charge < -0.3 is 19.6 Å². The molecule has 1 rings (SSSR count). The SMILES string of the molecule is COCCN(CC(=O)O)C(=O)CN(C)c1ccccc1[N+](=O)[O-]. The Morgan fingerprint density at radius 1 is 1.30 bits per heavy atom. The van der Waals surface area contributed by atoms with E-state index in [1.807, 2.05) is 0 Å². The number of ether oxygens (including phenoxy) is 1. The smallest absolute Gasteiger partial charge is 0.323 e. The number of hydrogen-bond acceptors (Lipinski definition) is 6. The lowest BCUT2D eigenvalue weighted by atomic mass is 10.2. The number of rotatable bonds is 9. The van der Waals surface area contributed by atoms with Crippen LogP contribution in [-0.4, -0.2) is 67.2 Å².